The van der Waals surface area contributed by atoms with Gasteiger partial charge in [-0.2, -0.15) is 0 Å². The maximum absolute atomic E-state index is 12.7. The van der Waals surface area contributed by atoms with Crippen LogP contribution in [0.1, 0.15) is 37.7 Å². The molecule has 1 aliphatic heterocycles. The number of nitrogens with one attached hydrogen (secondary N) is 2. The molecule has 1 atom stereocenters. The lowest BCUT2D eigenvalue weighted by Crippen LogP contribution is -2.64. The monoisotopic (exact) mass is 328 g/mol. The molecule has 0 spiro atoms. The van der Waals surface area contributed by atoms with Gasteiger partial charge in [0.25, 0.3) is 0 Å². The first-order valence-electron chi connectivity index (χ1n) is 7.80. The van der Waals surface area contributed by atoms with Gasteiger partial charge in [0.15, 0.2) is 0 Å². The van der Waals surface area contributed by atoms with Crippen molar-refractivity contribution in [3.63, 3.8) is 0 Å². The first kappa shape index (κ1) is 17.6. The molecule has 6 nitrogen and oxygen atoms in total. The number of ketones is 1. The summed E-state index contributed by atoms with van der Waals surface area (Å²) in [6, 6.07) is 8.07. The topological polar surface area (TPSA) is 92.3 Å². The van der Waals surface area contributed by atoms with Crippen molar-refractivity contribution in [2.24, 2.45) is 5.41 Å². The molecule has 0 aromatic heterocycles. The van der Waals surface area contributed by atoms with Crippen molar-refractivity contribution in [2.45, 2.75) is 32.1 Å². The maximum atomic E-state index is 12.7. The number of carbonyl (C=O) groups excluding carboxylic acids is 4. The third kappa shape index (κ3) is 3.13. The van der Waals surface area contributed by atoms with Gasteiger partial charge in [0.05, 0.1) is 0 Å². The molecule has 1 heterocycles. The Morgan fingerprint density at radius 2 is 1.75 bits per heavy atom. The van der Waals surface area contributed by atoms with Crippen LogP contribution in [0.15, 0.2) is 43.0 Å². The van der Waals surface area contributed by atoms with Gasteiger partial charge in [0, 0.05) is 18.8 Å². The van der Waals surface area contributed by atoms with E-state index in [2.05, 4.69) is 17.2 Å². The molecule has 0 unspecified atom stereocenters. The van der Waals surface area contributed by atoms with Gasteiger partial charge in [-0.05, 0) is 12.0 Å². The van der Waals surface area contributed by atoms with Crippen molar-refractivity contribution in [1.29, 1.82) is 0 Å². The number of carbonyl (C=O) groups is 4. The molecular formula is C18H20N2O4. The van der Waals surface area contributed by atoms with E-state index in [1.54, 1.807) is 31.2 Å². The number of barbiturate groups is 1. The van der Waals surface area contributed by atoms with Crippen LogP contribution in [0.2, 0.25) is 0 Å². The zero-order valence-electron chi connectivity index (χ0n) is 13.5. The molecule has 0 radical (unpaired) electrons. The van der Waals surface area contributed by atoms with Crippen LogP contribution in [-0.4, -0.2) is 23.6 Å². The number of amides is 4. The zero-order valence-corrected chi connectivity index (χ0v) is 13.5. The van der Waals surface area contributed by atoms with E-state index in [1.807, 2.05) is 6.07 Å². The highest BCUT2D eigenvalue weighted by Gasteiger charge is 2.55. The number of hydrogen-bond donors (Lipinski definition) is 2. The van der Waals surface area contributed by atoms with Crippen LogP contribution in [-0.2, 0) is 14.4 Å². The van der Waals surface area contributed by atoms with Crippen molar-refractivity contribution in [2.75, 3.05) is 0 Å². The number of benzene rings is 1. The molecule has 1 saturated heterocycles. The summed E-state index contributed by atoms with van der Waals surface area (Å²) >= 11 is 0. The Labute approximate surface area is 140 Å². The van der Waals surface area contributed by atoms with E-state index in [1.165, 1.54) is 6.08 Å². The number of urea groups is 1. The highest BCUT2D eigenvalue weighted by molar-refractivity contribution is 6.20. The molecular weight excluding hydrogens is 308 g/mol. The average Bonchev–Trinajstić information content (AvgIpc) is 2.57. The van der Waals surface area contributed by atoms with Crippen molar-refractivity contribution in [3.05, 3.63) is 48.6 Å². The molecule has 1 aromatic rings. The second-order valence-corrected chi connectivity index (χ2v) is 5.76. The fourth-order valence-corrected chi connectivity index (χ4v) is 3.07. The van der Waals surface area contributed by atoms with Gasteiger partial charge >= 0.3 is 6.03 Å². The van der Waals surface area contributed by atoms with E-state index >= 15 is 0 Å². The molecule has 6 heteroatoms. The number of rotatable bonds is 7. The molecule has 0 bridgehead atoms. The molecule has 1 fully saturated rings. The number of imide groups is 2. The summed E-state index contributed by atoms with van der Waals surface area (Å²) in [7, 11) is 0. The van der Waals surface area contributed by atoms with Crippen LogP contribution < -0.4 is 10.6 Å². The number of Topliss-reactive ketones (excluding diaryl/α,β-unsaturated/α-hetero) is 1. The Balaban J connectivity index is 2.59. The Bertz CT molecular complexity index is 662. The number of allylic oxidation sites excluding steroid dienone is 1. The molecule has 126 valence electrons. The second kappa shape index (κ2) is 7.21. The summed E-state index contributed by atoms with van der Waals surface area (Å²) in [6.07, 6.45) is 1.81. The van der Waals surface area contributed by atoms with E-state index in [9.17, 15) is 19.2 Å². The fourth-order valence-electron chi connectivity index (χ4n) is 3.07. The third-order valence-electron chi connectivity index (χ3n) is 4.35. The predicted molar refractivity (Wildman–Crippen MR) is 88.0 cm³/mol. The van der Waals surface area contributed by atoms with Gasteiger partial charge in [-0.15, -0.1) is 6.58 Å². The summed E-state index contributed by atoms with van der Waals surface area (Å²) in [5, 5.41) is 4.32. The fraction of sp³-hybridized carbons (Fsp3) is 0.333. The van der Waals surface area contributed by atoms with E-state index in [-0.39, 0.29) is 18.6 Å². The molecule has 4 amide bonds. The standard InChI is InChI=1S/C18H20N2O4/c1-3-10-18(15(22)19-17(24)20-16(18)23)14(11-13(21)4-2)12-8-6-5-7-9-12/h3,5-9,14H,1,4,10-11H2,2H3,(H2,19,20,22,23,24)/t14-/m1/s1. The average molecular weight is 328 g/mol. The highest BCUT2D eigenvalue weighted by Crippen LogP contribution is 2.44. The lowest BCUT2D eigenvalue weighted by Gasteiger charge is -2.39. The molecule has 0 saturated carbocycles. The second-order valence-electron chi connectivity index (χ2n) is 5.76. The largest absolute Gasteiger partial charge is 0.328 e. The molecule has 24 heavy (non-hydrogen) atoms. The minimum atomic E-state index is -1.58. The lowest BCUT2D eigenvalue weighted by atomic mass is 9.65. The van der Waals surface area contributed by atoms with Crippen LogP contribution in [0.3, 0.4) is 0 Å². The van der Waals surface area contributed by atoms with Gasteiger partial charge in [0.2, 0.25) is 11.8 Å². The molecule has 2 rings (SSSR count). The van der Waals surface area contributed by atoms with Crippen molar-refractivity contribution in [1.82, 2.24) is 10.6 Å². The molecule has 1 aromatic carbocycles. The Hall–Kier alpha value is -2.76. The Morgan fingerprint density at radius 1 is 1.17 bits per heavy atom. The van der Waals surface area contributed by atoms with E-state index < -0.39 is 29.2 Å². The maximum Gasteiger partial charge on any atom is 0.328 e. The minimum absolute atomic E-state index is 0.0223. The van der Waals surface area contributed by atoms with Crippen molar-refractivity contribution < 1.29 is 19.2 Å². The summed E-state index contributed by atoms with van der Waals surface area (Å²) in [5.41, 5.74) is -0.886. The minimum Gasteiger partial charge on any atom is -0.300 e. The van der Waals surface area contributed by atoms with E-state index in [0.29, 0.717) is 12.0 Å². The van der Waals surface area contributed by atoms with Crippen LogP contribution in [0.5, 0.6) is 0 Å². The van der Waals surface area contributed by atoms with Crippen molar-refractivity contribution >= 4 is 23.6 Å². The summed E-state index contributed by atoms with van der Waals surface area (Å²) in [4.78, 5) is 48.9. The highest BCUT2D eigenvalue weighted by atomic mass is 16.2. The van der Waals surface area contributed by atoms with Crippen LogP contribution >= 0.6 is 0 Å². The van der Waals surface area contributed by atoms with Crippen LogP contribution in [0, 0.1) is 5.41 Å². The Morgan fingerprint density at radius 3 is 2.25 bits per heavy atom. The predicted octanol–water partition coefficient (Wildman–Crippen LogP) is 2.07. The third-order valence-corrected chi connectivity index (χ3v) is 4.35. The van der Waals surface area contributed by atoms with Gasteiger partial charge in [-0.1, -0.05) is 43.3 Å². The smallest absolute Gasteiger partial charge is 0.300 e. The van der Waals surface area contributed by atoms with Gasteiger partial charge < -0.3 is 0 Å². The van der Waals surface area contributed by atoms with Crippen molar-refractivity contribution in [3.8, 4) is 0 Å². The first-order chi connectivity index (χ1) is 11.5. The SMILES string of the molecule is C=CCC1([C@H](CC(=O)CC)c2ccccc2)C(=O)NC(=O)NC1=O. The zero-order chi connectivity index (χ0) is 17.7. The molecule has 1 aliphatic rings. The van der Waals surface area contributed by atoms with Gasteiger partial charge in [-0.25, -0.2) is 4.79 Å². The van der Waals surface area contributed by atoms with Crippen LogP contribution in [0.4, 0.5) is 4.79 Å². The normalized spacial score (nSPS) is 17.6. The number of hydrogen-bond acceptors (Lipinski definition) is 4. The van der Waals surface area contributed by atoms with E-state index in [4.69, 9.17) is 0 Å². The molecule has 2 N–H and O–H groups in total. The quantitative estimate of drug-likeness (QED) is 0.592. The van der Waals surface area contributed by atoms with Gasteiger partial charge in [-0.3, -0.25) is 25.0 Å². The summed E-state index contributed by atoms with van der Waals surface area (Å²) in [5.74, 6) is -2.15. The van der Waals surface area contributed by atoms with Crippen LogP contribution in [0.25, 0.3) is 0 Å². The van der Waals surface area contributed by atoms with E-state index in [0.717, 1.165) is 0 Å². The molecule has 0 aliphatic carbocycles. The Kier molecular flexibility index (Phi) is 5.28. The summed E-state index contributed by atoms with van der Waals surface area (Å²) in [6.45, 7) is 5.36. The first-order valence-corrected chi connectivity index (χ1v) is 7.80. The lowest BCUT2D eigenvalue weighted by molar-refractivity contribution is -0.146. The summed E-state index contributed by atoms with van der Waals surface area (Å²) < 4.78 is 0. The van der Waals surface area contributed by atoms with Gasteiger partial charge in [0.1, 0.15) is 11.2 Å².